The minimum Gasteiger partial charge on any atom is -0.481 e. The molecule has 2 aliphatic heterocycles. The number of carboxylic acid groups (broad SMARTS) is 1. The van der Waals surface area contributed by atoms with Crippen LogP contribution in [0, 0.1) is 5.41 Å². The molecule has 4 N–H and O–H groups in total. The number of aliphatic carboxylic acids is 1. The number of halogens is 1. The number of nitrogen functional groups attached to an aromatic ring is 1. The van der Waals surface area contributed by atoms with E-state index in [1.54, 1.807) is 27.7 Å². The van der Waals surface area contributed by atoms with Crippen LogP contribution in [-0.4, -0.2) is 80.4 Å². The molecule has 2 fully saturated rings. The number of carbonyl (C=O) groups is 4. The maximum atomic E-state index is 13.0. The second kappa shape index (κ2) is 9.58. The van der Waals surface area contributed by atoms with Crippen LogP contribution in [0.1, 0.15) is 33.4 Å². The van der Waals surface area contributed by atoms with Crippen LogP contribution in [-0.2, 0) is 28.8 Å². The molecule has 2 unspecified atom stereocenters. The van der Waals surface area contributed by atoms with Gasteiger partial charge in [0.05, 0.1) is 5.41 Å². The average molecular weight is 534 g/mol. The van der Waals surface area contributed by atoms with Crippen LogP contribution >= 0.6 is 34.7 Å². The number of nitrogens with two attached hydrogens (primary N) is 1. The van der Waals surface area contributed by atoms with Crippen LogP contribution in [0.2, 0.25) is 4.34 Å². The van der Waals surface area contributed by atoms with Gasteiger partial charge >= 0.3 is 11.9 Å². The number of nitrogens with zero attached hydrogens (tertiary/aromatic N) is 3. The summed E-state index contributed by atoms with van der Waals surface area (Å²) in [5, 5.41) is 15.4. The smallest absolute Gasteiger partial charge is 0.347 e. The second-order valence-corrected chi connectivity index (χ2v) is 11.7. The van der Waals surface area contributed by atoms with Crippen molar-refractivity contribution in [3.8, 4) is 0 Å². The predicted octanol–water partition coefficient (Wildman–Crippen LogP) is 0.932. The first kappa shape index (κ1) is 26.0. The third-order valence-corrected chi connectivity index (χ3v) is 7.59. The van der Waals surface area contributed by atoms with Gasteiger partial charge in [-0.05, 0) is 27.7 Å². The summed E-state index contributed by atoms with van der Waals surface area (Å²) in [6.07, 6.45) is 0. The van der Waals surface area contributed by atoms with E-state index >= 15 is 0 Å². The van der Waals surface area contributed by atoms with Crippen molar-refractivity contribution in [2.75, 3.05) is 24.6 Å². The highest BCUT2D eigenvalue weighted by molar-refractivity contribution is 8.00. The Bertz CT molecular complexity index is 1060. The summed E-state index contributed by atoms with van der Waals surface area (Å²) in [5.41, 5.74) is 3.43. The zero-order chi connectivity index (χ0) is 25.4. The van der Waals surface area contributed by atoms with Gasteiger partial charge in [-0.2, -0.15) is 0 Å². The van der Waals surface area contributed by atoms with Crippen molar-refractivity contribution < 1.29 is 33.9 Å². The highest BCUT2D eigenvalue weighted by Crippen LogP contribution is 2.42. The number of ether oxygens (including phenoxy) is 1. The summed E-state index contributed by atoms with van der Waals surface area (Å²) in [5.74, 6) is -2.66. The van der Waals surface area contributed by atoms with Gasteiger partial charge in [0.25, 0.3) is 5.91 Å². The second-order valence-electron chi connectivity index (χ2n) is 8.96. The zero-order valence-corrected chi connectivity index (χ0v) is 21.2. The van der Waals surface area contributed by atoms with Crippen LogP contribution in [0.15, 0.2) is 5.16 Å². The first-order valence-electron chi connectivity index (χ1n) is 10.0. The molecule has 1 aromatic heterocycles. The molecule has 15 heteroatoms. The monoisotopic (exact) mass is 533 g/mol. The van der Waals surface area contributed by atoms with Crippen LogP contribution in [0.4, 0.5) is 5.13 Å². The number of aromatic nitrogens is 1. The maximum absolute atomic E-state index is 13.0. The lowest BCUT2D eigenvalue weighted by molar-refractivity contribution is -0.160. The molecule has 12 nitrogen and oxygen atoms in total. The van der Waals surface area contributed by atoms with Gasteiger partial charge in [0.15, 0.2) is 10.8 Å². The highest BCUT2D eigenvalue weighted by Gasteiger charge is 2.56. The van der Waals surface area contributed by atoms with E-state index in [9.17, 15) is 24.3 Å². The molecule has 3 atom stereocenters. The molecule has 34 heavy (non-hydrogen) atoms. The van der Waals surface area contributed by atoms with Crippen LogP contribution in [0.3, 0.4) is 0 Å². The van der Waals surface area contributed by atoms with E-state index < -0.39 is 52.8 Å². The summed E-state index contributed by atoms with van der Waals surface area (Å²) in [7, 11) is 0. The number of oxime groups is 1. The minimum atomic E-state index is -1.07. The first-order valence-corrected chi connectivity index (χ1v) is 12.3. The lowest BCUT2D eigenvalue weighted by Crippen LogP contribution is -2.73. The molecule has 0 bridgehead atoms. The van der Waals surface area contributed by atoms with Crippen molar-refractivity contribution in [1.82, 2.24) is 15.2 Å². The van der Waals surface area contributed by atoms with E-state index in [0.717, 1.165) is 11.3 Å². The van der Waals surface area contributed by atoms with Gasteiger partial charge in [0.1, 0.15) is 27.0 Å². The van der Waals surface area contributed by atoms with Crippen molar-refractivity contribution in [3.63, 3.8) is 0 Å². The minimum absolute atomic E-state index is 0.0413. The summed E-state index contributed by atoms with van der Waals surface area (Å²) in [4.78, 5) is 59.5. The van der Waals surface area contributed by atoms with Crippen LogP contribution < -0.4 is 11.1 Å². The van der Waals surface area contributed by atoms with Gasteiger partial charge in [0.2, 0.25) is 12.5 Å². The van der Waals surface area contributed by atoms with Crippen LogP contribution in [0.5, 0.6) is 0 Å². The third kappa shape index (κ3) is 5.55. The average Bonchev–Trinajstić information content (AvgIpc) is 3.05. The Morgan fingerprint density at radius 3 is 2.65 bits per heavy atom. The quantitative estimate of drug-likeness (QED) is 0.198. The topological polar surface area (TPSA) is 174 Å². The molecule has 186 valence electrons. The number of rotatable bonds is 7. The number of anilines is 1. The van der Waals surface area contributed by atoms with E-state index in [4.69, 9.17) is 26.9 Å². The normalized spacial score (nSPS) is 24.7. The molecule has 1 aromatic rings. The van der Waals surface area contributed by atoms with Gasteiger partial charge in [-0.25, -0.2) is 9.78 Å². The molecule has 3 heterocycles. The van der Waals surface area contributed by atoms with Gasteiger partial charge in [-0.3, -0.25) is 14.4 Å². The van der Waals surface area contributed by atoms with Crippen molar-refractivity contribution in [2.45, 2.75) is 44.7 Å². The molecule has 2 saturated heterocycles. The number of amides is 2. The molecule has 0 aliphatic carbocycles. The Morgan fingerprint density at radius 2 is 2.09 bits per heavy atom. The molecular formula is C19H24ClN5O7S2. The van der Waals surface area contributed by atoms with Crippen molar-refractivity contribution in [2.24, 2.45) is 10.6 Å². The molecule has 0 spiro atoms. The Hall–Kier alpha value is -2.58. The number of thioether (sulfide) groups is 1. The number of carboxylic acids is 1. The zero-order valence-electron chi connectivity index (χ0n) is 18.8. The van der Waals surface area contributed by atoms with Crippen molar-refractivity contribution in [3.05, 3.63) is 10.0 Å². The summed E-state index contributed by atoms with van der Waals surface area (Å²) in [6.45, 7) is 6.09. The number of β-lactam (4-membered cyclic amide) rings is 1. The summed E-state index contributed by atoms with van der Waals surface area (Å²) >= 11 is 8.30. The third-order valence-electron chi connectivity index (χ3n) is 4.84. The van der Waals surface area contributed by atoms with Gasteiger partial charge in [0, 0.05) is 12.3 Å². The number of thiazole rings is 1. The molecule has 0 aromatic carbocycles. The lowest BCUT2D eigenvalue weighted by atomic mass is 9.89. The molecule has 0 saturated carbocycles. The number of hydrogen-bond acceptors (Lipinski definition) is 11. The van der Waals surface area contributed by atoms with Crippen LogP contribution in [0.25, 0.3) is 0 Å². The van der Waals surface area contributed by atoms with E-state index in [1.807, 2.05) is 0 Å². The summed E-state index contributed by atoms with van der Waals surface area (Å²) in [6, 6.07) is -0.901. The number of nitrogens with one attached hydrogen (secondary N) is 1. The van der Waals surface area contributed by atoms with Crippen molar-refractivity contribution in [1.29, 1.82) is 0 Å². The Morgan fingerprint density at radius 1 is 1.41 bits per heavy atom. The van der Waals surface area contributed by atoms with E-state index in [1.165, 1.54) is 16.7 Å². The highest BCUT2D eigenvalue weighted by atomic mass is 35.5. The first-order chi connectivity index (χ1) is 15.7. The summed E-state index contributed by atoms with van der Waals surface area (Å²) < 4.78 is 5.19. The van der Waals surface area contributed by atoms with E-state index in [-0.39, 0.29) is 33.2 Å². The van der Waals surface area contributed by atoms with Gasteiger partial charge in [-0.15, -0.1) is 11.8 Å². The standard InChI is InChI=1S/C19H24ClN5O7S2/c1-18(2,3)32-8(26)5-31-24-10(9-12(20)34-17(21)23-9)13(27)22-11-14(28)25-6-19(4,16(29)30)7-33-15(11)25/h11,15H,5-7H2,1-4H3,(H2,21,23)(H,22,27)(H,29,30)/t11?,15-,19?/m1/s1. The number of carbonyl (C=O) groups excluding carboxylic acids is 3. The lowest BCUT2D eigenvalue weighted by Gasteiger charge is -2.53. The Balaban J connectivity index is 1.73. The Kier molecular flexibility index (Phi) is 7.34. The fourth-order valence-electron chi connectivity index (χ4n) is 3.22. The predicted molar refractivity (Wildman–Crippen MR) is 126 cm³/mol. The molecule has 2 aliphatic rings. The number of fused-ring (bicyclic) bond motifs is 1. The largest absolute Gasteiger partial charge is 0.481 e. The molecule has 2 amide bonds. The maximum Gasteiger partial charge on any atom is 0.347 e. The van der Waals surface area contributed by atoms with Crippen molar-refractivity contribution >= 4 is 69.3 Å². The van der Waals surface area contributed by atoms with Gasteiger partial charge in [-0.1, -0.05) is 28.1 Å². The van der Waals surface area contributed by atoms with Gasteiger partial charge < -0.3 is 30.6 Å². The molecular weight excluding hydrogens is 510 g/mol. The SMILES string of the molecule is CC(C)(C)OC(=O)CON=C(C(=O)NC1C(=O)N2CC(C)(C(=O)O)CS[C@H]12)c1nc(N)sc1Cl. The fourth-order valence-corrected chi connectivity index (χ4v) is 5.63. The number of hydrogen-bond donors (Lipinski definition) is 3. The molecule has 3 rings (SSSR count). The molecule has 0 radical (unpaired) electrons. The Labute approximate surface area is 208 Å². The van der Waals surface area contributed by atoms with E-state index in [2.05, 4.69) is 15.5 Å². The van der Waals surface area contributed by atoms with E-state index in [0.29, 0.717) is 0 Å². The number of esters is 1. The fraction of sp³-hybridized carbons (Fsp3) is 0.579.